The van der Waals surface area contributed by atoms with E-state index in [4.69, 9.17) is 24.1 Å². The Hall–Kier alpha value is -2.40. The Bertz CT molecular complexity index is 1050. The second-order valence-electron chi connectivity index (χ2n) is 6.34. The Morgan fingerprint density at radius 2 is 1.59 bits per heavy atom. The van der Waals surface area contributed by atoms with Gasteiger partial charge < -0.3 is 30.8 Å². The van der Waals surface area contributed by atoms with Gasteiger partial charge in [0.05, 0.1) is 45.4 Å². The summed E-state index contributed by atoms with van der Waals surface area (Å²) in [5, 5.41) is 12.6. The molecule has 0 amide bonds. The summed E-state index contributed by atoms with van der Waals surface area (Å²) in [7, 11) is 2.19. The average Bonchev–Trinajstić information content (AvgIpc) is 2.75. The number of hydrogen-bond acceptors (Lipinski definition) is 8. The number of ether oxygens (including phenoxy) is 4. The van der Waals surface area contributed by atoms with E-state index >= 15 is 0 Å². The fourth-order valence-electron chi connectivity index (χ4n) is 2.80. The third-order valence-electron chi connectivity index (χ3n) is 4.26. The van der Waals surface area contributed by atoms with E-state index in [9.17, 15) is 13.2 Å². The molecule has 0 aliphatic heterocycles. The standard InChI is InChI=1S/C21H25NO8S.Na.H/c1-27-15-10-19(29-3)16(20(11-15)30-4)7-8-31(25,26)13-14-5-6-18(28-2)17(9-14)22-12-21(23)24;;/h5-11,22H,12-13H2,1-4H3,(H,23,24);;/q;+1;-1. The molecule has 0 atom stereocenters. The van der Waals surface area contributed by atoms with Crippen LogP contribution in [0, 0.1) is 0 Å². The summed E-state index contributed by atoms with van der Waals surface area (Å²) in [6.45, 7) is -0.330. The zero-order valence-electron chi connectivity index (χ0n) is 19.7. The van der Waals surface area contributed by atoms with Gasteiger partial charge in [0.25, 0.3) is 0 Å². The second-order valence-corrected chi connectivity index (χ2v) is 8.22. The summed E-state index contributed by atoms with van der Waals surface area (Å²) >= 11 is 0. The van der Waals surface area contributed by atoms with E-state index in [0.717, 1.165) is 5.41 Å². The molecule has 0 spiro atoms. The van der Waals surface area contributed by atoms with Crippen molar-refractivity contribution >= 4 is 27.6 Å². The van der Waals surface area contributed by atoms with Crippen LogP contribution in [0.1, 0.15) is 12.6 Å². The number of methoxy groups -OCH3 is 4. The van der Waals surface area contributed by atoms with Crippen molar-refractivity contribution in [3.05, 3.63) is 46.9 Å². The summed E-state index contributed by atoms with van der Waals surface area (Å²) in [6.07, 6.45) is 1.40. The minimum atomic E-state index is -3.67. The van der Waals surface area contributed by atoms with Crippen LogP contribution < -0.4 is 53.8 Å². The van der Waals surface area contributed by atoms with E-state index in [1.54, 1.807) is 30.3 Å². The molecule has 2 aromatic carbocycles. The van der Waals surface area contributed by atoms with Gasteiger partial charge in [-0.25, -0.2) is 8.42 Å². The van der Waals surface area contributed by atoms with Crippen molar-refractivity contribution in [2.24, 2.45) is 0 Å². The molecule has 32 heavy (non-hydrogen) atoms. The Morgan fingerprint density at radius 1 is 1.00 bits per heavy atom. The summed E-state index contributed by atoms with van der Waals surface area (Å²) in [4.78, 5) is 10.8. The summed E-state index contributed by atoms with van der Waals surface area (Å²) in [6, 6.07) is 7.97. The fourth-order valence-corrected chi connectivity index (χ4v) is 3.89. The minimum Gasteiger partial charge on any atom is -1.00 e. The second kappa shape index (κ2) is 12.6. The predicted molar refractivity (Wildman–Crippen MR) is 118 cm³/mol. The Kier molecular flexibility index (Phi) is 10.9. The molecule has 0 heterocycles. The number of aliphatic carboxylic acids is 1. The molecule has 2 aromatic rings. The quantitative estimate of drug-likeness (QED) is 0.430. The Labute approximate surface area is 211 Å². The van der Waals surface area contributed by atoms with Crippen molar-refractivity contribution in [2.75, 3.05) is 40.3 Å². The number of nitrogens with one attached hydrogen (secondary N) is 1. The molecule has 0 saturated carbocycles. The number of sulfone groups is 1. The number of carboxylic acid groups (broad SMARTS) is 1. The summed E-state index contributed by atoms with van der Waals surface area (Å²) in [5.74, 6) is 0.361. The molecular weight excluding hydrogens is 449 g/mol. The number of carboxylic acids is 1. The monoisotopic (exact) mass is 475 g/mol. The van der Waals surface area contributed by atoms with Gasteiger partial charge in [0, 0.05) is 17.5 Å². The third kappa shape index (κ3) is 7.63. The van der Waals surface area contributed by atoms with Crippen LogP contribution in [0.4, 0.5) is 5.69 Å². The van der Waals surface area contributed by atoms with Crippen molar-refractivity contribution in [3.63, 3.8) is 0 Å². The van der Waals surface area contributed by atoms with E-state index in [-0.39, 0.29) is 43.3 Å². The van der Waals surface area contributed by atoms with Crippen LogP contribution >= 0.6 is 0 Å². The molecule has 0 radical (unpaired) electrons. The van der Waals surface area contributed by atoms with Gasteiger partial charge in [-0.2, -0.15) is 0 Å². The number of hydrogen-bond donors (Lipinski definition) is 2. The van der Waals surface area contributed by atoms with Gasteiger partial charge in [-0.15, -0.1) is 0 Å². The van der Waals surface area contributed by atoms with Gasteiger partial charge in [-0.05, 0) is 23.8 Å². The Morgan fingerprint density at radius 3 is 2.09 bits per heavy atom. The number of carbonyl (C=O) groups is 1. The normalized spacial score (nSPS) is 10.9. The van der Waals surface area contributed by atoms with Gasteiger partial charge in [-0.1, -0.05) is 6.07 Å². The van der Waals surface area contributed by atoms with Gasteiger partial charge in [0.2, 0.25) is 0 Å². The average molecular weight is 475 g/mol. The topological polar surface area (TPSA) is 120 Å². The molecule has 11 heteroatoms. The van der Waals surface area contributed by atoms with Gasteiger partial charge in [-0.3, -0.25) is 4.79 Å². The number of anilines is 1. The zero-order chi connectivity index (χ0) is 23.0. The van der Waals surface area contributed by atoms with Crippen LogP contribution in [0.2, 0.25) is 0 Å². The van der Waals surface area contributed by atoms with Crippen molar-refractivity contribution in [2.45, 2.75) is 5.75 Å². The minimum absolute atomic E-state index is 0. The molecule has 2 rings (SSSR count). The first-order valence-corrected chi connectivity index (χ1v) is 10.8. The summed E-state index contributed by atoms with van der Waals surface area (Å²) < 4.78 is 46.4. The van der Waals surface area contributed by atoms with Crippen LogP contribution in [0.5, 0.6) is 23.0 Å². The molecule has 170 valence electrons. The van der Waals surface area contributed by atoms with Crippen molar-refractivity contribution < 1.29 is 68.3 Å². The largest absolute Gasteiger partial charge is 1.00 e. The fraction of sp³-hybridized carbons (Fsp3) is 0.286. The number of rotatable bonds is 11. The molecule has 0 fully saturated rings. The molecule has 0 unspecified atom stereocenters. The molecule has 0 aliphatic rings. The maximum absolute atomic E-state index is 12.7. The van der Waals surface area contributed by atoms with Crippen molar-refractivity contribution in [1.29, 1.82) is 0 Å². The van der Waals surface area contributed by atoms with Crippen molar-refractivity contribution in [3.8, 4) is 23.0 Å². The first kappa shape index (κ1) is 27.6. The van der Waals surface area contributed by atoms with Crippen LogP contribution in [0.3, 0.4) is 0 Å². The van der Waals surface area contributed by atoms with E-state index in [1.807, 2.05) is 0 Å². The van der Waals surface area contributed by atoms with Crippen LogP contribution in [0.25, 0.3) is 6.08 Å². The van der Waals surface area contributed by atoms with Crippen LogP contribution in [-0.4, -0.2) is 54.5 Å². The van der Waals surface area contributed by atoms with E-state index in [2.05, 4.69) is 5.32 Å². The van der Waals surface area contributed by atoms with Gasteiger partial charge in [0.15, 0.2) is 9.84 Å². The SMILES string of the molecule is COc1cc(OC)c(C=CS(=O)(=O)Cc2ccc(OC)c(NCC(=O)O)c2)c(OC)c1.[H-].[Na+]. The van der Waals surface area contributed by atoms with Crippen LogP contribution in [-0.2, 0) is 20.4 Å². The maximum atomic E-state index is 12.7. The molecule has 0 aromatic heterocycles. The summed E-state index contributed by atoms with van der Waals surface area (Å²) in [5.41, 5.74) is 1.31. The molecule has 0 bridgehead atoms. The van der Waals surface area contributed by atoms with E-state index in [1.165, 1.54) is 34.5 Å². The first-order chi connectivity index (χ1) is 14.7. The molecule has 2 N–H and O–H groups in total. The van der Waals surface area contributed by atoms with Crippen molar-refractivity contribution in [1.82, 2.24) is 0 Å². The molecule has 0 aliphatic carbocycles. The molecule has 0 saturated heterocycles. The van der Waals surface area contributed by atoms with Crippen LogP contribution in [0.15, 0.2) is 35.7 Å². The predicted octanol–water partition coefficient (Wildman–Crippen LogP) is -0.0803. The van der Waals surface area contributed by atoms with Gasteiger partial charge in [0.1, 0.15) is 29.5 Å². The Balaban J connectivity index is 0.00000512. The smallest absolute Gasteiger partial charge is 1.00 e. The zero-order valence-corrected chi connectivity index (χ0v) is 21.5. The van der Waals surface area contributed by atoms with Gasteiger partial charge >= 0.3 is 35.5 Å². The van der Waals surface area contributed by atoms with E-state index in [0.29, 0.717) is 39.8 Å². The third-order valence-corrected chi connectivity index (χ3v) is 5.54. The van der Waals surface area contributed by atoms with E-state index < -0.39 is 15.8 Å². The first-order valence-electron chi connectivity index (χ1n) is 9.06. The molecule has 9 nitrogen and oxygen atoms in total. The maximum Gasteiger partial charge on any atom is 1.00 e. The number of benzene rings is 2. The molecular formula is C21H26NNaO8S.